The predicted molar refractivity (Wildman–Crippen MR) is 62.8 cm³/mol. The normalized spacial score (nSPS) is 27.5. The van der Waals surface area contributed by atoms with Crippen molar-refractivity contribution in [3.05, 3.63) is 35.4 Å². The Morgan fingerprint density at radius 1 is 1.47 bits per heavy atom. The average molecular weight is 273 g/mol. The molecule has 0 radical (unpaired) electrons. The van der Waals surface area contributed by atoms with Gasteiger partial charge in [0.15, 0.2) is 0 Å². The Bertz CT molecular complexity index is 501. The van der Waals surface area contributed by atoms with E-state index in [2.05, 4.69) is 5.32 Å². The molecule has 104 valence electrons. The van der Waals surface area contributed by atoms with E-state index < -0.39 is 29.0 Å². The number of carboxylic acid groups (broad SMARTS) is 1. The lowest BCUT2D eigenvalue weighted by molar-refractivity contribution is -0.142. The molecule has 0 amide bonds. The second-order valence-corrected chi connectivity index (χ2v) is 5.02. The zero-order chi connectivity index (χ0) is 14.3. The van der Waals surface area contributed by atoms with Gasteiger partial charge >= 0.3 is 12.1 Å². The number of carbonyl (C=O) groups is 1. The highest BCUT2D eigenvalue weighted by atomic mass is 19.4. The lowest BCUT2D eigenvalue weighted by Gasteiger charge is -2.29. The summed E-state index contributed by atoms with van der Waals surface area (Å²) < 4.78 is 38.1. The summed E-state index contributed by atoms with van der Waals surface area (Å²) in [6.07, 6.45) is -4.42. The van der Waals surface area contributed by atoms with Crippen LogP contribution >= 0.6 is 0 Å². The summed E-state index contributed by atoms with van der Waals surface area (Å²) in [5.41, 5.74) is -1.17. The number of halogens is 3. The van der Waals surface area contributed by atoms with Gasteiger partial charge in [-0.2, -0.15) is 13.2 Å². The van der Waals surface area contributed by atoms with Crippen LogP contribution in [0.2, 0.25) is 0 Å². The molecule has 2 atom stereocenters. The van der Waals surface area contributed by atoms with Crippen LogP contribution in [0, 0.1) is 5.92 Å². The Kier molecular flexibility index (Phi) is 3.30. The molecule has 2 unspecified atom stereocenters. The van der Waals surface area contributed by atoms with Crippen LogP contribution in [0.1, 0.15) is 18.1 Å². The van der Waals surface area contributed by atoms with E-state index in [-0.39, 0.29) is 6.54 Å². The zero-order valence-corrected chi connectivity index (χ0v) is 10.3. The minimum atomic E-state index is -4.42. The summed E-state index contributed by atoms with van der Waals surface area (Å²) in [6.45, 7) is 2.30. The lowest BCUT2D eigenvalue weighted by atomic mass is 9.74. The Hall–Kier alpha value is -1.56. The van der Waals surface area contributed by atoms with Crippen molar-refractivity contribution >= 4 is 5.97 Å². The number of alkyl halides is 3. The van der Waals surface area contributed by atoms with Gasteiger partial charge in [-0.25, -0.2) is 0 Å². The molecule has 0 saturated carbocycles. The van der Waals surface area contributed by atoms with Gasteiger partial charge in [0.1, 0.15) is 0 Å². The van der Waals surface area contributed by atoms with Gasteiger partial charge in [0.25, 0.3) is 0 Å². The summed E-state index contributed by atoms with van der Waals surface area (Å²) >= 11 is 0. The highest BCUT2D eigenvalue weighted by Crippen LogP contribution is 2.38. The maximum Gasteiger partial charge on any atom is 0.416 e. The largest absolute Gasteiger partial charge is 0.481 e. The molecular formula is C13H14F3NO2. The van der Waals surface area contributed by atoms with Gasteiger partial charge in [-0.1, -0.05) is 25.1 Å². The first-order chi connectivity index (χ1) is 8.75. The number of nitrogens with one attached hydrogen (secondary N) is 1. The molecule has 3 nitrogen and oxygen atoms in total. The third-order valence-corrected chi connectivity index (χ3v) is 3.76. The van der Waals surface area contributed by atoms with Crippen LogP contribution in [0.4, 0.5) is 13.2 Å². The highest BCUT2D eigenvalue weighted by molar-refractivity contribution is 5.73. The Morgan fingerprint density at radius 3 is 2.74 bits per heavy atom. The summed E-state index contributed by atoms with van der Waals surface area (Å²) in [5.74, 6) is -1.72. The summed E-state index contributed by atoms with van der Waals surface area (Å²) in [4.78, 5) is 11.2. The van der Waals surface area contributed by atoms with E-state index in [4.69, 9.17) is 0 Å². The van der Waals surface area contributed by atoms with E-state index in [1.807, 2.05) is 0 Å². The van der Waals surface area contributed by atoms with Crippen molar-refractivity contribution < 1.29 is 23.1 Å². The number of hydrogen-bond acceptors (Lipinski definition) is 2. The van der Waals surface area contributed by atoms with Crippen molar-refractivity contribution in [1.29, 1.82) is 0 Å². The fourth-order valence-electron chi connectivity index (χ4n) is 2.54. The van der Waals surface area contributed by atoms with Crippen molar-refractivity contribution in [2.24, 2.45) is 5.92 Å². The van der Waals surface area contributed by atoms with Crippen molar-refractivity contribution in [2.45, 2.75) is 18.5 Å². The number of rotatable bonds is 2. The Labute approximate surface area is 108 Å². The molecule has 2 rings (SSSR count). The molecule has 1 aliphatic heterocycles. The van der Waals surface area contributed by atoms with Crippen LogP contribution in [0.15, 0.2) is 24.3 Å². The number of carboxylic acids is 1. The van der Waals surface area contributed by atoms with Crippen LogP contribution in [0.5, 0.6) is 0 Å². The smallest absolute Gasteiger partial charge is 0.416 e. The van der Waals surface area contributed by atoms with Gasteiger partial charge < -0.3 is 10.4 Å². The predicted octanol–water partition coefficient (Wildman–Crippen LogP) is 2.27. The van der Waals surface area contributed by atoms with Crippen LogP contribution in [-0.4, -0.2) is 24.2 Å². The second kappa shape index (κ2) is 4.52. The third-order valence-electron chi connectivity index (χ3n) is 3.76. The SMILES string of the molecule is CC1(c2cccc(C(F)(F)F)c2)CNCC1C(=O)O. The first-order valence-electron chi connectivity index (χ1n) is 5.86. The molecule has 1 heterocycles. The fraction of sp³-hybridized carbons (Fsp3) is 0.462. The molecule has 0 aliphatic carbocycles. The van der Waals surface area contributed by atoms with Gasteiger partial charge in [0, 0.05) is 18.5 Å². The molecule has 1 fully saturated rings. The molecule has 0 bridgehead atoms. The van der Waals surface area contributed by atoms with E-state index in [0.717, 1.165) is 12.1 Å². The first-order valence-corrected chi connectivity index (χ1v) is 5.86. The van der Waals surface area contributed by atoms with E-state index in [1.54, 1.807) is 13.0 Å². The van der Waals surface area contributed by atoms with E-state index in [9.17, 15) is 23.1 Å². The van der Waals surface area contributed by atoms with Gasteiger partial charge in [-0.05, 0) is 11.6 Å². The number of aliphatic carboxylic acids is 1. The topological polar surface area (TPSA) is 49.3 Å². The summed E-state index contributed by atoms with van der Waals surface area (Å²) in [7, 11) is 0. The maximum absolute atomic E-state index is 12.7. The van der Waals surface area contributed by atoms with Crippen molar-refractivity contribution in [1.82, 2.24) is 5.32 Å². The molecule has 0 spiro atoms. The molecule has 1 aromatic rings. The van der Waals surface area contributed by atoms with Gasteiger partial charge in [0.2, 0.25) is 0 Å². The first kappa shape index (κ1) is 13.9. The van der Waals surface area contributed by atoms with Crippen molar-refractivity contribution in [3.63, 3.8) is 0 Å². The molecule has 19 heavy (non-hydrogen) atoms. The van der Waals surface area contributed by atoms with E-state index in [1.165, 1.54) is 6.07 Å². The van der Waals surface area contributed by atoms with Crippen LogP contribution in [0.25, 0.3) is 0 Å². The number of hydrogen-bond donors (Lipinski definition) is 2. The standard InChI is InChI=1S/C13H14F3NO2/c1-12(7-17-6-10(12)11(18)19)8-3-2-4-9(5-8)13(14,15)16/h2-5,10,17H,6-7H2,1H3,(H,18,19). The maximum atomic E-state index is 12.7. The Morgan fingerprint density at radius 2 is 2.16 bits per heavy atom. The minimum Gasteiger partial charge on any atom is -0.481 e. The summed E-state index contributed by atoms with van der Waals surface area (Å²) in [6, 6.07) is 4.91. The fourth-order valence-corrected chi connectivity index (χ4v) is 2.54. The molecule has 6 heteroatoms. The molecule has 1 aromatic carbocycles. The van der Waals surface area contributed by atoms with Crippen molar-refractivity contribution in [2.75, 3.05) is 13.1 Å². The third kappa shape index (κ3) is 2.45. The molecule has 1 aliphatic rings. The van der Waals surface area contributed by atoms with Crippen molar-refractivity contribution in [3.8, 4) is 0 Å². The average Bonchev–Trinajstić information content (AvgIpc) is 2.72. The Balaban J connectivity index is 2.44. The van der Waals surface area contributed by atoms with Gasteiger partial charge in [0.05, 0.1) is 11.5 Å². The van der Waals surface area contributed by atoms with Crippen LogP contribution < -0.4 is 5.32 Å². The van der Waals surface area contributed by atoms with E-state index in [0.29, 0.717) is 12.1 Å². The summed E-state index contributed by atoms with van der Waals surface area (Å²) in [5, 5.41) is 12.1. The molecule has 2 N–H and O–H groups in total. The van der Waals surface area contributed by atoms with Gasteiger partial charge in [-0.15, -0.1) is 0 Å². The van der Waals surface area contributed by atoms with Crippen LogP contribution in [0.3, 0.4) is 0 Å². The zero-order valence-electron chi connectivity index (χ0n) is 10.3. The second-order valence-electron chi connectivity index (χ2n) is 5.02. The monoisotopic (exact) mass is 273 g/mol. The quantitative estimate of drug-likeness (QED) is 0.869. The van der Waals surface area contributed by atoms with E-state index >= 15 is 0 Å². The molecule has 0 aromatic heterocycles. The lowest BCUT2D eigenvalue weighted by Crippen LogP contribution is -2.36. The van der Waals surface area contributed by atoms with Gasteiger partial charge in [-0.3, -0.25) is 4.79 Å². The molecule has 1 saturated heterocycles. The number of benzene rings is 1. The minimum absolute atomic E-state index is 0.266. The molecular weight excluding hydrogens is 259 g/mol. The van der Waals surface area contributed by atoms with Crippen LogP contribution in [-0.2, 0) is 16.4 Å². The highest BCUT2D eigenvalue weighted by Gasteiger charge is 2.45.